The summed E-state index contributed by atoms with van der Waals surface area (Å²) in [4.78, 5) is 39.6. The van der Waals surface area contributed by atoms with Crippen LogP contribution in [0.25, 0.3) is 0 Å². The number of hydrogen-bond donors (Lipinski definition) is 0. The van der Waals surface area contributed by atoms with Gasteiger partial charge < -0.3 is 9.80 Å². The van der Waals surface area contributed by atoms with Crippen molar-refractivity contribution in [2.45, 2.75) is 0 Å². The highest BCUT2D eigenvalue weighted by Crippen LogP contribution is 2.34. The minimum atomic E-state index is -0.437. The van der Waals surface area contributed by atoms with E-state index in [-0.39, 0.29) is 18.1 Å². The highest BCUT2D eigenvalue weighted by atomic mass is 16.6. The maximum absolute atomic E-state index is 13.4. The number of aliphatic imine (C=N–C) groups is 2. The van der Waals surface area contributed by atoms with E-state index in [2.05, 4.69) is 21.8 Å². The molecule has 0 aliphatic carbocycles. The van der Waals surface area contributed by atoms with Gasteiger partial charge in [0.1, 0.15) is 11.5 Å². The van der Waals surface area contributed by atoms with Gasteiger partial charge in [-0.05, 0) is 13.1 Å². The third-order valence-electron chi connectivity index (χ3n) is 5.89. The first-order valence-electron chi connectivity index (χ1n) is 10.5. The summed E-state index contributed by atoms with van der Waals surface area (Å²) < 4.78 is 0. The van der Waals surface area contributed by atoms with Crippen LogP contribution in [0.1, 0.15) is 11.1 Å². The topological polar surface area (TPSA) is 94.7 Å². The van der Waals surface area contributed by atoms with Gasteiger partial charge in [-0.25, -0.2) is 4.99 Å². The monoisotopic (exact) mass is 430 g/mol. The van der Waals surface area contributed by atoms with Crippen LogP contribution in [0.5, 0.6) is 0 Å². The van der Waals surface area contributed by atoms with E-state index in [1.165, 1.54) is 12.1 Å². The summed E-state index contributed by atoms with van der Waals surface area (Å²) in [7, 11) is 2.08. The molecule has 0 saturated carbocycles. The van der Waals surface area contributed by atoms with Gasteiger partial charge in [-0.15, -0.1) is 0 Å². The van der Waals surface area contributed by atoms with Crippen LogP contribution in [-0.4, -0.2) is 71.9 Å². The van der Waals surface area contributed by atoms with Crippen LogP contribution in [0.15, 0.2) is 70.4 Å². The molecule has 9 nitrogen and oxygen atoms in total. The van der Waals surface area contributed by atoms with Gasteiger partial charge in [-0.2, -0.15) is 0 Å². The number of rotatable bonds is 3. The number of amidine groups is 1. The van der Waals surface area contributed by atoms with Gasteiger partial charge in [0.25, 0.3) is 11.6 Å². The smallest absolute Gasteiger partial charge is 0.284 e. The fourth-order valence-corrected chi connectivity index (χ4v) is 4.13. The van der Waals surface area contributed by atoms with E-state index in [0.29, 0.717) is 28.5 Å². The zero-order valence-corrected chi connectivity index (χ0v) is 17.6. The fraction of sp³-hybridized carbons (Fsp3) is 0.261. The molecule has 0 unspecified atom stereocenters. The predicted octanol–water partition coefficient (Wildman–Crippen LogP) is 2.28. The zero-order valence-electron chi connectivity index (χ0n) is 17.6. The van der Waals surface area contributed by atoms with Crippen LogP contribution in [0.3, 0.4) is 0 Å². The van der Waals surface area contributed by atoms with Gasteiger partial charge >= 0.3 is 0 Å². The summed E-state index contributed by atoms with van der Waals surface area (Å²) in [6, 6.07) is 14.0. The third kappa shape index (κ3) is 3.56. The molecule has 3 aliphatic heterocycles. The number of piperazine rings is 1. The quantitative estimate of drug-likeness (QED) is 0.423. The van der Waals surface area contributed by atoms with Crippen LogP contribution in [0.4, 0.5) is 11.4 Å². The number of carbonyl (C=O) groups excluding carboxylic acids is 1. The Morgan fingerprint density at radius 1 is 1.06 bits per heavy atom. The maximum atomic E-state index is 13.4. The number of nitro benzene ring substituents is 1. The first-order valence-corrected chi connectivity index (χ1v) is 10.5. The molecular weight excluding hydrogens is 408 g/mol. The number of non-ortho nitro benzene ring substituents is 1. The van der Waals surface area contributed by atoms with Crippen molar-refractivity contribution in [3.8, 4) is 0 Å². The minimum absolute atomic E-state index is 0.0485. The van der Waals surface area contributed by atoms with Gasteiger partial charge in [0.05, 0.1) is 22.9 Å². The molecule has 0 aromatic heterocycles. The van der Waals surface area contributed by atoms with Crippen LogP contribution in [-0.2, 0) is 4.79 Å². The Balaban J connectivity index is 1.58. The van der Waals surface area contributed by atoms with Crippen molar-refractivity contribution in [2.24, 2.45) is 9.98 Å². The molecule has 1 saturated heterocycles. The molecule has 2 aromatic carbocycles. The van der Waals surface area contributed by atoms with E-state index >= 15 is 0 Å². The molecule has 162 valence electrons. The highest BCUT2D eigenvalue weighted by molar-refractivity contribution is 6.32. The van der Waals surface area contributed by atoms with Crippen LogP contribution >= 0.6 is 0 Å². The van der Waals surface area contributed by atoms with Crippen molar-refractivity contribution in [3.63, 3.8) is 0 Å². The van der Waals surface area contributed by atoms with Crippen LogP contribution in [0, 0.1) is 10.1 Å². The zero-order chi connectivity index (χ0) is 22.2. The number of nitro groups is 1. The summed E-state index contributed by atoms with van der Waals surface area (Å²) in [5.41, 5.74) is 2.86. The van der Waals surface area contributed by atoms with E-state index in [0.717, 1.165) is 31.7 Å². The summed E-state index contributed by atoms with van der Waals surface area (Å²) in [6.07, 6.45) is 1.82. The van der Waals surface area contributed by atoms with Crippen molar-refractivity contribution in [2.75, 3.05) is 44.7 Å². The lowest BCUT2D eigenvalue weighted by atomic mass is 9.99. The number of anilines is 1. The summed E-state index contributed by atoms with van der Waals surface area (Å²) in [6.45, 7) is 3.72. The van der Waals surface area contributed by atoms with Crippen molar-refractivity contribution >= 4 is 28.8 Å². The molecule has 3 aliphatic rings. The molecule has 5 rings (SSSR count). The Hall–Kier alpha value is -3.85. The number of amides is 1. The lowest BCUT2D eigenvalue weighted by molar-refractivity contribution is -0.384. The number of hydrogen-bond acceptors (Lipinski definition) is 7. The third-order valence-corrected chi connectivity index (χ3v) is 5.89. The Labute approximate surface area is 185 Å². The van der Waals surface area contributed by atoms with Gasteiger partial charge in [0, 0.05) is 55.6 Å². The fourth-order valence-electron chi connectivity index (χ4n) is 4.13. The van der Waals surface area contributed by atoms with Crippen molar-refractivity contribution < 1.29 is 9.72 Å². The van der Waals surface area contributed by atoms with E-state index in [9.17, 15) is 14.9 Å². The van der Waals surface area contributed by atoms with Crippen molar-refractivity contribution in [1.82, 2.24) is 9.80 Å². The Bertz CT molecular complexity index is 1180. The lowest BCUT2D eigenvalue weighted by Crippen LogP contribution is -2.42. The number of benzene rings is 2. The van der Waals surface area contributed by atoms with E-state index in [4.69, 9.17) is 4.99 Å². The molecule has 32 heavy (non-hydrogen) atoms. The van der Waals surface area contributed by atoms with Crippen molar-refractivity contribution in [1.29, 1.82) is 0 Å². The van der Waals surface area contributed by atoms with Crippen LogP contribution in [0.2, 0.25) is 0 Å². The molecule has 3 heterocycles. The second-order valence-corrected chi connectivity index (χ2v) is 8.01. The molecule has 9 heteroatoms. The van der Waals surface area contributed by atoms with E-state index in [1.54, 1.807) is 11.0 Å². The summed E-state index contributed by atoms with van der Waals surface area (Å²) in [5.74, 6) is 0.287. The number of fused-ring (bicyclic) bond motifs is 3. The standard InChI is InChI=1S/C23H22N6O3/c1-26-9-11-27(12-10-26)15-19-23(30)28-20-8-7-17(29(31)32)13-18(20)22(24-14-21(28)25-19)16-5-3-2-4-6-16/h2-8,13,15H,9-12,14H2,1H3/b19-15+. The van der Waals surface area contributed by atoms with Gasteiger partial charge in [-0.1, -0.05) is 30.3 Å². The maximum Gasteiger partial charge on any atom is 0.284 e. The van der Waals surface area contributed by atoms with Gasteiger partial charge in [0.15, 0.2) is 0 Å². The number of likely N-dealkylation sites (N-methyl/N-ethyl adjacent to an activating group) is 1. The van der Waals surface area contributed by atoms with E-state index < -0.39 is 4.92 Å². The molecule has 0 spiro atoms. The average molecular weight is 430 g/mol. The Morgan fingerprint density at radius 2 is 1.81 bits per heavy atom. The normalized spacial score (nSPS) is 19.9. The SMILES string of the molecule is CN1CCN(/C=C2/N=C3CN=C(c4ccccc4)c4cc([N+](=O)[O-])ccc4N3C2=O)CC1. The average Bonchev–Trinajstić information content (AvgIpc) is 3.01. The molecule has 1 fully saturated rings. The molecule has 0 radical (unpaired) electrons. The second-order valence-electron chi connectivity index (χ2n) is 8.01. The number of carbonyl (C=O) groups is 1. The second kappa shape index (κ2) is 8.01. The first kappa shape index (κ1) is 20.1. The number of nitrogens with zero attached hydrogens (tertiary/aromatic N) is 6. The van der Waals surface area contributed by atoms with E-state index in [1.807, 2.05) is 36.5 Å². The van der Waals surface area contributed by atoms with Crippen LogP contribution < -0.4 is 4.90 Å². The molecule has 0 atom stereocenters. The molecular formula is C23H22N6O3. The van der Waals surface area contributed by atoms with Gasteiger partial charge in [0.2, 0.25) is 0 Å². The molecule has 2 aromatic rings. The molecule has 1 amide bonds. The predicted molar refractivity (Wildman–Crippen MR) is 122 cm³/mol. The Morgan fingerprint density at radius 3 is 2.53 bits per heavy atom. The first-order chi connectivity index (χ1) is 15.5. The molecule has 0 N–H and O–H groups in total. The Kier molecular flexibility index (Phi) is 5.02. The van der Waals surface area contributed by atoms with Crippen molar-refractivity contribution in [3.05, 3.63) is 81.7 Å². The highest BCUT2D eigenvalue weighted by Gasteiger charge is 2.36. The molecule has 0 bridgehead atoms. The minimum Gasteiger partial charge on any atom is -0.373 e. The largest absolute Gasteiger partial charge is 0.373 e. The lowest BCUT2D eigenvalue weighted by Gasteiger charge is -2.31. The summed E-state index contributed by atoms with van der Waals surface area (Å²) >= 11 is 0. The summed E-state index contributed by atoms with van der Waals surface area (Å²) in [5, 5.41) is 11.4. The van der Waals surface area contributed by atoms with Gasteiger partial charge in [-0.3, -0.25) is 24.8 Å².